The Morgan fingerprint density at radius 3 is 3.11 bits per heavy atom. The van der Waals surface area contributed by atoms with Crippen LogP contribution in [-0.4, -0.2) is 29.4 Å². The van der Waals surface area contributed by atoms with Crippen LogP contribution in [-0.2, 0) is 17.8 Å². The maximum Gasteiger partial charge on any atom is 0.250 e. The highest BCUT2D eigenvalue weighted by molar-refractivity contribution is 7.15. The van der Waals surface area contributed by atoms with Gasteiger partial charge in [-0.3, -0.25) is 10.1 Å². The Hall–Kier alpha value is -1.46. The molecule has 0 spiro atoms. The van der Waals surface area contributed by atoms with E-state index in [0.717, 1.165) is 25.2 Å². The van der Waals surface area contributed by atoms with Gasteiger partial charge >= 0.3 is 0 Å². The zero-order valence-corrected chi connectivity index (χ0v) is 11.5. The van der Waals surface area contributed by atoms with Gasteiger partial charge < -0.3 is 4.90 Å². The molecule has 2 rings (SSSR count). The molecule has 4 nitrogen and oxygen atoms in total. The zero-order valence-electron chi connectivity index (χ0n) is 10.6. The number of allylic oxidation sites excluding steroid dienone is 3. The van der Waals surface area contributed by atoms with Gasteiger partial charge in [0, 0.05) is 30.5 Å². The molecular formula is C13H17N3OS. The number of carbonyl (C=O) groups is 1. The Morgan fingerprint density at radius 2 is 2.33 bits per heavy atom. The van der Waals surface area contributed by atoms with Crippen molar-refractivity contribution < 1.29 is 4.79 Å². The average molecular weight is 263 g/mol. The molecule has 1 N–H and O–H groups in total. The minimum absolute atomic E-state index is 0.132. The lowest BCUT2D eigenvalue weighted by Gasteiger charge is -2.20. The van der Waals surface area contributed by atoms with Crippen molar-refractivity contribution in [3.63, 3.8) is 0 Å². The van der Waals surface area contributed by atoms with E-state index in [-0.39, 0.29) is 5.91 Å². The monoisotopic (exact) mass is 263 g/mol. The minimum atomic E-state index is -0.132. The van der Waals surface area contributed by atoms with Gasteiger partial charge in [0.25, 0.3) is 0 Å². The summed E-state index contributed by atoms with van der Waals surface area (Å²) in [5.74, 6) is -0.132. The Kier molecular flexibility index (Phi) is 4.28. The van der Waals surface area contributed by atoms with Crippen LogP contribution in [0.1, 0.15) is 17.5 Å². The van der Waals surface area contributed by atoms with E-state index < -0.39 is 0 Å². The third-order valence-electron chi connectivity index (χ3n) is 2.70. The summed E-state index contributed by atoms with van der Waals surface area (Å²) in [6, 6.07) is 0. The number of hydrogen-bond donors (Lipinski definition) is 1. The second-order valence-electron chi connectivity index (χ2n) is 4.25. The summed E-state index contributed by atoms with van der Waals surface area (Å²) in [6.07, 6.45) is 7.89. The highest BCUT2D eigenvalue weighted by Gasteiger charge is 2.18. The lowest BCUT2D eigenvalue weighted by atomic mass is 10.2. The van der Waals surface area contributed by atoms with Crippen LogP contribution in [0.5, 0.6) is 0 Å². The Bertz CT molecular complexity index is 490. The van der Waals surface area contributed by atoms with Gasteiger partial charge in [-0.1, -0.05) is 18.2 Å². The van der Waals surface area contributed by atoms with Crippen LogP contribution in [0.3, 0.4) is 0 Å². The first-order chi connectivity index (χ1) is 8.69. The van der Waals surface area contributed by atoms with E-state index in [9.17, 15) is 4.79 Å². The lowest BCUT2D eigenvalue weighted by Crippen LogP contribution is -2.25. The number of amides is 1. The highest BCUT2D eigenvalue weighted by Crippen LogP contribution is 2.27. The number of hydrogen-bond acceptors (Lipinski definition) is 4. The number of fused-ring (bicyclic) bond motifs is 1. The fraction of sp³-hybridized carbons (Fsp3) is 0.385. The van der Waals surface area contributed by atoms with Crippen molar-refractivity contribution in [3.8, 4) is 0 Å². The van der Waals surface area contributed by atoms with Crippen LogP contribution in [0, 0.1) is 0 Å². The van der Waals surface area contributed by atoms with E-state index in [2.05, 4.69) is 22.2 Å². The summed E-state index contributed by atoms with van der Waals surface area (Å²) in [6.45, 7) is 3.87. The summed E-state index contributed by atoms with van der Waals surface area (Å²) in [4.78, 5) is 19.6. The van der Waals surface area contributed by atoms with Crippen molar-refractivity contribution in [1.82, 2.24) is 9.88 Å². The summed E-state index contributed by atoms with van der Waals surface area (Å²) in [5, 5.41) is 3.50. The molecule has 1 aromatic heterocycles. The van der Waals surface area contributed by atoms with Gasteiger partial charge in [0.1, 0.15) is 0 Å². The molecule has 1 aliphatic heterocycles. The molecule has 0 aliphatic carbocycles. The van der Waals surface area contributed by atoms with E-state index in [1.54, 1.807) is 17.4 Å². The maximum atomic E-state index is 11.6. The number of carbonyl (C=O) groups excluding carboxylic acids is 1. The standard InChI is InChI=1S/C13H17N3OS/c1-3-4-5-6-12(17)15-13-14-10-7-8-16(2)9-11(10)18-13/h3-6H,7-9H2,1-2H3,(H,14,15,17)/b4-3+,6-5+. The highest BCUT2D eigenvalue weighted by atomic mass is 32.1. The van der Waals surface area contributed by atoms with Gasteiger partial charge in [0.2, 0.25) is 5.91 Å². The van der Waals surface area contributed by atoms with E-state index >= 15 is 0 Å². The smallest absolute Gasteiger partial charge is 0.250 e. The van der Waals surface area contributed by atoms with Gasteiger partial charge in [-0.05, 0) is 14.0 Å². The molecule has 18 heavy (non-hydrogen) atoms. The summed E-state index contributed by atoms with van der Waals surface area (Å²) in [5.41, 5.74) is 1.13. The third kappa shape index (κ3) is 3.27. The van der Waals surface area contributed by atoms with E-state index in [1.165, 1.54) is 11.0 Å². The fourth-order valence-corrected chi connectivity index (χ4v) is 2.87. The van der Waals surface area contributed by atoms with Crippen molar-refractivity contribution in [3.05, 3.63) is 34.9 Å². The minimum Gasteiger partial charge on any atom is -0.301 e. The Morgan fingerprint density at radius 1 is 1.50 bits per heavy atom. The number of rotatable bonds is 3. The molecule has 96 valence electrons. The van der Waals surface area contributed by atoms with Crippen LogP contribution in [0.25, 0.3) is 0 Å². The van der Waals surface area contributed by atoms with Crippen LogP contribution in [0.4, 0.5) is 5.13 Å². The fourth-order valence-electron chi connectivity index (χ4n) is 1.78. The largest absolute Gasteiger partial charge is 0.301 e. The summed E-state index contributed by atoms with van der Waals surface area (Å²) < 4.78 is 0. The summed E-state index contributed by atoms with van der Waals surface area (Å²) >= 11 is 1.57. The average Bonchev–Trinajstić information content (AvgIpc) is 2.70. The second kappa shape index (κ2) is 5.93. The second-order valence-corrected chi connectivity index (χ2v) is 5.33. The van der Waals surface area contributed by atoms with Gasteiger partial charge in [-0.2, -0.15) is 0 Å². The number of anilines is 1. The molecule has 2 heterocycles. The molecule has 0 radical (unpaired) electrons. The van der Waals surface area contributed by atoms with E-state index in [1.807, 2.05) is 19.1 Å². The van der Waals surface area contributed by atoms with E-state index in [0.29, 0.717) is 5.13 Å². The number of nitrogens with zero attached hydrogens (tertiary/aromatic N) is 2. The van der Waals surface area contributed by atoms with Crippen LogP contribution >= 0.6 is 11.3 Å². The van der Waals surface area contributed by atoms with Crippen molar-refractivity contribution in [1.29, 1.82) is 0 Å². The van der Waals surface area contributed by atoms with Crippen molar-refractivity contribution in [2.75, 3.05) is 18.9 Å². The molecule has 0 saturated heterocycles. The number of aromatic nitrogens is 1. The molecule has 0 bridgehead atoms. The third-order valence-corrected chi connectivity index (χ3v) is 3.70. The van der Waals surface area contributed by atoms with Crippen molar-refractivity contribution >= 4 is 22.4 Å². The normalized spacial score (nSPS) is 16.3. The molecule has 0 atom stereocenters. The first-order valence-electron chi connectivity index (χ1n) is 5.96. The molecule has 0 saturated carbocycles. The molecule has 1 amide bonds. The Balaban J connectivity index is 2.00. The molecule has 1 aliphatic rings. The van der Waals surface area contributed by atoms with E-state index in [4.69, 9.17) is 0 Å². The molecule has 0 aromatic carbocycles. The molecule has 0 fully saturated rings. The van der Waals surface area contributed by atoms with Crippen LogP contribution in [0.15, 0.2) is 24.3 Å². The maximum absolute atomic E-state index is 11.6. The molecule has 0 unspecified atom stereocenters. The number of nitrogens with one attached hydrogen (secondary N) is 1. The van der Waals surface area contributed by atoms with Gasteiger partial charge in [-0.25, -0.2) is 4.98 Å². The van der Waals surface area contributed by atoms with Crippen molar-refractivity contribution in [2.24, 2.45) is 0 Å². The predicted octanol–water partition coefficient (Wildman–Crippen LogP) is 2.20. The summed E-state index contributed by atoms with van der Waals surface area (Å²) in [7, 11) is 2.10. The molecule has 1 aromatic rings. The zero-order chi connectivity index (χ0) is 13.0. The number of thiazole rings is 1. The number of likely N-dealkylation sites (N-methyl/N-ethyl adjacent to an activating group) is 1. The van der Waals surface area contributed by atoms with Gasteiger partial charge in [0.05, 0.1) is 5.69 Å². The van der Waals surface area contributed by atoms with Gasteiger partial charge in [0.15, 0.2) is 5.13 Å². The predicted molar refractivity (Wildman–Crippen MR) is 74.7 cm³/mol. The molecule has 5 heteroatoms. The molecular weight excluding hydrogens is 246 g/mol. The van der Waals surface area contributed by atoms with Crippen LogP contribution in [0.2, 0.25) is 0 Å². The van der Waals surface area contributed by atoms with Gasteiger partial charge in [-0.15, -0.1) is 11.3 Å². The quantitative estimate of drug-likeness (QED) is 0.671. The SMILES string of the molecule is C/C=C/C=C/C(=O)Nc1nc2c(s1)CN(C)CC2. The Labute approximate surface area is 111 Å². The van der Waals surface area contributed by atoms with Crippen LogP contribution < -0.4 is 5.32 Å². The topological polar surface area (TPSA) is 45.2 Å². The lowest BCUT2D eigenvalue weighted by molar-refractivity contribution is -0.111. The first-order valence-corrected chi connectivity index (χ1v) is 6.78. The van der Waals surface area contributed by atoms with Crippen molar-refractivity contribution in [2.45, 2.75) is 19.9 Å². The first kappa shape index (κ1) is 13.0.